The van der Waals surface area contributed by atoms with Gasteiger partial charge in [0.1, 0.15) is 0 Å². The van der Waals surface area contributed by atoms with Gasteiger partial charge in [0.25, 0.3) is 0 Å². The molecule has 0 atom stereocenters. The third kappa shape index (κ3) is 13.2. The zero-order valence-corrected chi connectivity index (χ0v) is 10.1. The van der Waals surface area contributed by atoms with Crippen molar-refractivity contribution in [2.75, 3.05) is 0 Å². The summed E-state index contributed by atoms with van der Waals surface area (Å²) < 4.78 is 0. The van der Waals surface area contributed by atoms with E-state index in [9.17, 15) is 0 Å². The summed E-state index contributed by atoms with van der Waals surface area (Å²) >= 11 is 0. The molecule has 0 bridgehead atoms. The number of hydrogen-bond acceptors (Lipinski definition) is 0. The highest BCUT2D eigenvalue weighted by atomic mass is 13.9. The molecule has 0 aromatic heterocycles. The third-order valence-electron chi connectivity index (χ3n) is 2.43. The molecule has 0 aliphatic heterocycles. The topological polar surface area (TPSA) is 0 Å². The molecule has 0 N–H and O–H groups in total. The van der Waals surface area contributed by atoms with Crippen LogP contribution in [0.5, 0.6) is 0 Å². The van der Waals surface area contributed by atoms with Crippen molar-refractivity contribution in [3.63, 3.8) is 0 Å². The van der Waals surface area contributed by atoms with E-state index < -0.39 is 0 Å². The minimum atomic E-state index is 1.08. The van der Waals surface area contributed by atoms with Gasteiger partial charge in [0.2, 0.25) is 0 Å². The monoisotopic (exact) mass is 205 g/mol. The number of unbranched alkanes of at least 4 members (excludes halogenated alkanes) is 7. The molecule has 0 nitrogen and oxygen atoms in total. The van der Waals surface area contributed by atoms with E-state index in [4.69, 9.17) is 6.58 Å². The van der Waals surface area contributed by atoms with Gasteiger partial charge in [-0.3, -0.25) is 0 Å². The highest BCUT2D eigenvalue weighted by molar-refractivity contribution is 5.00. The highest BCUT2D eigenvalue weighted by Gasteiger charge is 1.89. The van der Waals surface area contributed by atoms with Crippen molar-refractivity contribution in [1.29, 1.82) is 0 Å². The van der Waals surface area contributed by atoms with E-state index in [1.807, 2.05) is 6.92 Å². The fourth-order valence-electron chi connectivity index (χ4n) is 1.52. The van der Waals surface area contributed by atoms with E-state index in [1.165, 1.54) is 44.9 Å². The Labute approximate surface area is 95.8 Å². The number of allylic oxidation sites excluding steroid dienone is 5. The van der Waals surface area contributed by atoms with E-state index >= 15 is 0 Å². The molecule has 0 saturated heterocycles. The van der Waals surface area contributed by atoms with Crippen LogP contribution in [0.15, 0.2) is 30.4 Å². The van der Waals surface area contributed by atoms with Crippen LogP contribution in [0.3, 0.4) is 0 Å². The van der Waals surface area contributed by atoms with Crippen LogP contribution in [0.1, 0.15) is 58.3 Å². The van der Waals surface area contributed by atoms with Crippen molar-refractivity contribution < 1.29 is 0 Å². The molecule has 0 saturated carbocycles. The van der Waals surface area contributed by atoms with Crippen molar-refractivity contribution in [2.24, 2.45) is 0 Å². The van der Waals surface area contributed by atoms with E-state index in [-0.39, 0.29) is 0 Å². The lowest BCUT2D eigenvalue weighted by Gasteiger charge is -1.98. The Morgan fingerprint density at radius 1 is 0.800 bits per heavy atom. The van der Waals surface area contributed by atoms with Crippen LogP contribution >= 0.6 is 0 Å². The molecule has 0 amide bonds. The molecule has 0 unspecified atom stereocenters. The Bertz CT molecular complexity index is 174. The molecular weight excluding hydrogens is 180 g/mol. The highest BCUT2D eigenvalue weighted by Crippen LogP contribution is 2.08. The first-order valence-corrected chi connectivity index (χ1v) is 6.23. The van der Waals surface area contributed by atoms with E-state index in [1.54, 1.807) is 6.08 Å². The van der Waals surface area contributed by atoms with Crippen molar-refractivity contribution >= 4 is 0 Å². The SMILES string of the molecule is [CH]=CCCCCCCCCC=CC=CC. The fourth-order valence-corrected chi connectivity index (χ4v) is 1.52. The van der Waals surface area contributed by atoms with Crippen LogP contribution in [0.2, 0.25) is 0 Å². The van der Waals surface area contributed by atoms with Gasteiger partial charge in [-0.1, -0.05) is 62.6 Å². The molecule has 0 rings (SSSR count). The molecule has 0 spiro atoms. The zero-order valence-electron chi connectivity index (χ0n) is 10.1. The van der Waals surface area contributed by atoms with Gasteiger partial charge in [-0.25, -0.2) is 0 Å². The second-order valence-electron chi connectivity index (χ2n) is 3.89. The largest absolute Gasteiger partial charge is 0.0877 e. The Balaban J connectivity index is 3.01. The fraction of sp³-hybridized carbons (Fsp3) is 0.600. The first kappa shape index (κ1) is 14.2. The maximum Gasteiger partial charge on any atom is -0.0348 e. The Hall–Kier alpha value is -0.780. The van der Waals surface area contributed by atoms with E-state index in [2.05, 4.69) is 24.3 Å². The normalized spacial score (nSPS) is 11.5. The summed E-state index contributed by atoms with van der Waals surface area (Å²) in [6.45, 7) is 7.36. The molecule has 85 valence electrons. The molecule has 15 heavy (non-hydrogen) atoms. The van der Waals surface area contributed by atoms with E-state index in [0.29, 0.717) is 0 Å². The summed E-state index contributed by atoms with van der Waals surface area (Å²) in [4.78, 5) is 0. The van der Waals surface area contributed by atoms with Crippen molar-refractivity contribution in [2.45, 2.75) is 58.3 Å². The Kier molecular flexibility index (Phi) is 12.5. The lowest BCUT2D eigenvalue weighted by Crippen LogP contribution is -1.79. The zero-order chi connectivity index (χ0) is 11.2. The summed E-state index contributed by atoms with van der Waals surface area (Å²) in [7, 11) is 0. The van der Waals surface area contributed by atoms with Gasteiger partial charge in [0, 0.05) is 0 Å². The molecule has 0 aromatic rings. The maximum atomic E-state index is 5.31. The van der Waals surface area contributed by atoms with Crippen LogP contribution in [0.25, 0.3) is 0 Å². The molecule has 0 heteroatoms. The lowest BCUT2D eigenvalue weighted by atomic mass is 10.1. The Morgan fingerprint density at radius 2 is 1.40 bits per heavy atom. The molecule has 0 aromatic carbocycles. The van der Waals surface area contributed by atoms with Crippen LogP contribution < -0.4 is 0 Å². The van der Waals surface area contributed by atoms with Gasteiger partial charge in [-0.05, 0) is 32.6 Å². The first-order chi connectivity index (χ1) is 7.41. The van der Waals surface area contributed by atoms with Gasteiger partial charge < -0.3 is 0 Å². The predicted octanol–water partition coefficient (Wildman–Crippen LogP) is 5.23. The number of hydrogen-bond donors (Lipinski definition) is 0. The second kappa shape index (κ2) is 13.2. The standard InChI is InChI=1S/C15H25/c1-3-5-7-9-11-13-15-14-12-10-8-6-4-2/h1,3-4,6,8,10H,5,7,9,11-15H2,2H3. The quantitative estimate of drug-likeness (QED) is 0.338. The van der Waals surface area contributed by atoms with Gasteiger partial charge in [0.05, 0.1) is 0 Å². The Morgan fingerprint density at radius 3 is 2.00 bits per heavy atom. The third-order valence-corrected chi connectivity index (χ3v) is 2.43. The smallest absolute Gasteiger partial charge is 0.0348 e. The first-order valence-electron chi connectivity index (χ1n) is 6.23. The molecule has 1 radical (unpaired) electrons. The van der Waals surface area contributed by atoms with Gasteiger partial charge in [0.15, 0.2) is 0 Å². The summed E-state index contributed by atoms with van der Waals surface area (Å²) in [6.07, 6.45) is 20.6. The number of rotatable bonds is 10. The lowest BCUT2D eigenvalue weighted by molar-refractivity contribution is 0.600. The minimum Gasteiger partial charge on any atom is -0.0877 e. The molecule has 0 heterocycles. The van der Waals surface area contributed by atoms with Crippen molar-refractivity contribution in [3.05, 3.63) is 37.0 Å². The van der Waals surface area contributed by atoms with Crippen molar-refractivity contribution in [3.8, 4) is 0 Å². The molecule has 0 aliphatic rings. The predicted molar refractivity (Wildman–Crippen MR) is 69.8 cm³/mol. The average Bonchev–Trinajstić information content (AvgIpc) is 2.26. The van der Waals surface area contributed by atoms with Crippen LogP contribution in [0.4, 0.5) is 0 Å². The molecular formula is C15H25. The van der Waals surface area contributed by atoms with E-state index in [0.717, 1.165) is 6.42 Å². The summed E-state index contributed by atoms with van der Waals surface area (Å²) in [5.74, 6) is 0. The summed E-state index contributed by atoms with van der Waals surface area (Å²) in [6, 6.07) is 0. The molecule has 0 fully saturated rings. The van der Waals surface area contributed by atoms with Crippen molar-refractivity contribution in [1.82, 2.24) is 0 Å². The van der Waals surface area contributed by atoms with Gasteiger partial charge in [-0.2, -0.15) is 0 Å². The second-order valence-corrected chi connectivity index (χ2v) is 3.89. The average molecular weight is 205 g/mol. The maximum absolute atomic E-state index is 5.31. The molecule has 0 aliphatic carbocycles. The van der Waals surface area contributed by atoms with Gasteiger partial charge in [-0.15, -0.1) is 0 Å². The van der Waals surface area contributed by atoms with Crippen LogP contribution in [0, 0.1) is 6.58 Å². The van der Waals surface area contributed by atoms with Gasteiger partial charge >= 0.3 is 0 Å². The minimum absolute atomic E-state index is 1.08. The van der Waals surface area contributed by atoms with Crippen LogP contribution in [-0.2, 0) is 0 Å². The summed E-state index contributed by atoms with van der Waals surface area (Å²) in [5, 5.41) is 0. The summed E-state index contributed by atoms with van der Waals surface area (Å²) in [5.41, 5.74) is 0. The van der Waals surface area contributed by atoms with Crippen LogP contribution in [-0.4, -0.2) is 0 Å².